The molecule has 0 bridgehead atoms. The van der Waals surface area contributed by atoms with Crippen molar-refractivity contribution < 1.29 is 9.53 Å². The summed E-state index contributed by atoms with van der Waals surface area (Å²) in [5.41, 5.74) is 6.54. The maximum Gasteiger partial charge on any atom is 0.254 e. The zero-order chi connectivity index (χ0) is 14.6. The second-order valence-electron chi connectivity index (χ2n) is 5.42. The number of hydrogen-bond donors (Lipinski definition) is 1. The lowest BCUT2D eigenvalue weighted by molar-refractivity contribution is -0.0764. The Morgan fingerprint density at radius 1 is 1.50 bits per heavy atom. The highest BCUT2D eigenvalue weighted by molar-refractivity contribution is 5.94. The number of nitrogens with zero attached hydrogens (tertiary/aromatic N) is 1. The molecule has 0 aromatic heterocycles. The number of hydrogen-bond acceptors (Lipinski definition) is 3. The van der Waals surface area contributed by atoms with Crippen LogP contribution in [0.1, 0.15) is 29.8 Å². The highest BCUT2D eigenvalue weighted by atomic mass is 16.5. The quantitative estimate of drug-likeness (QED) is 0.783. The zero-order valence-electron chi connectivity index (χ0n) is 12.0. The van der Waals surface area contributed by atoms with E-state index < -0.39 is 0 Å². The number of morpholine rings is 1. The van der Waals surface area contributed by atoms with E-state index in [-0.39, 0.29) is 11.5 Å². The molecule has 2 N–H and O–H groups in total. The Kier molecular flexibility index (Phi) is 4.43. The normalized spacial score (nSPS) is 17.2. The van der Waals surface area contributed by atoms with Crippen LogP contribution in [-0.4, -0.2) is 42.6 Å². The smallest absolute Gasteiger partial charge is 0.254 e. The van der Waals surface area contributed by atoms with Crippen molar-refractivity contribution in [2.75, 3.05) is 26.2 Å². The van der Waals surface area contributed by atoms with Gasteiger partial charge in [0.25, 0.3) is 5.91 Å². The molecule has 4 nitrogen and oxygen atoms in total. The largest absolute Gasteiger partial charge is 0.372 e. The minimum absolute atomic E-state index is 0.0257. The zero-order valence-corrected chi connectivity index (χ0v) is 12.0. The summed E-state index contributed by atoms with van der Waals surface area (Å²) in [5.74, 6) is 5.77. The molecule has 1 amide bonds. The number of ether oxygens (including phenoxy) is 1. The summed E-state index contributed by atoms with van der Waals surface area (Å²) >= 11 is 0. The molecule has 0 saturated carbocycles. The van der Waals surface area contributed by atoms with Gasteiger partial charge in [0.15, 0.2) is 0 Å². The third-order valence-corrected chi connectivity index (χ3v) is 3.16. The molecule has 1 saturated heterocycles. The molecule has 0 unspecified atom stereocenters. The number of benzene rings is 1. The van der Waals surface area contributed by atoms with Gasteiger partial charge in [-0.2, -0.15) is 0 Å². The van der Waals surface area contributed by atoms with E-state index in [1.807, 2.05) is 43.0 Å². The monoisotopic (exact) mass is 272 g/mol. The number of nitrogens with two attached hydrogens (primary N) is 1. The topological polar surface area (TPSA) is 55.6 Å². The van der Waals surface area contributed by atoms with Gasteiger partial charge in [0.1, 0.15) is 0 Å². The molecule has 1 aliphatic rings. The molecule has 1 fully saturated rings. The maximum absolute atomic E-state index is 12.5. The van der Waals surface area contributed by atoms with Crippen LogP contribution in [0.25, 0.3) is 0 Å². The lowest BCUT2D eigenvalue weighted by atomic mass is 10.1. The Hall–Kier alpha value is -1.83. The van der Waals surface area contributed by atoms with E-state index >= 15 is 0 Å². The Labute approximate surface area is 119 Å². The summed E-state index contributed by atoms with van der Waals surface area (Å²) in [6.07, 6.45) is 0. The molecule has 0 atom stereocenters. The molecule has 1 heterocycles. The fourth-order valence-corrected chi connectivity index (χ4v) is 2.26. The molecule has 1 aliphatic heterocycles. The van der Waals surface area contributed by atoms with Crippen molar-refractivity contribution >= 4 is 5.91 Å². The predicted octanol–water partition coefficient (Wildman–Crippen LogP) is 1.25. The standard InChI is InChI=1S/C16H20N2O2/c1-16(2)12-18(9-10-20-16)15(19)14-7-3-5-13(11-14)6-4-8-17/h3,5,7,11H,8-10,12,17H2,1-2H3. The van der Waals surface area contributed by atoms with Gasteiger partial charge in [-0.05, 0) is 32.0 Å². The third kappa shape index (κ3) is 3.60. The molecule has 20 heavy (non-hydrogen) atoms. The van der Waals surface area contributed by atoms with Crippen molar-refractivity contribution in [2.24, 2.45) is 5.73 Å². The van der Waals surface area contributed by atoms with Crippen LogP contribution in [0.4, 0.5) is 0 Å². The van der Waals surface area contributed by atoms with Crippen LogP contribution in [0, 0.1) is 11.8 Å². The van der Waals surface area contributed by atoms with Crippen molar-refractivity contribution in [3.63, 3.8) is 0 Å². The molecular weight excluding hydrogens is 252 g/mol. The summed E-state index contributed by atoms with van der Waals surface area (Å²) in [7, 11) is 0. The summed E-state index contributed by atoms with van der Waals surface area (Å²) in [6.45, 7) is 6.11. The van der Waals surface area contributed by atoms with E-state index in [2.05, 4.69) is 11.8 Å². The van der Waals surface area contributed by atoms with Gasteiger partial charge in [-0.15, -0.1) is 0 Å². The van der Waals surface area contributed by atoms with Crippen LogP contribution in [0.2, 0.25) is 0 Å². The minimum atomic E-state index is -0.287. The van der Waals surface area contributed by atoms with Crippen molar-refractivity contribution in [3.05, 3.63) is 35.4 Å². The van der Waals surface area contributed by atoms with E-state index in [0.29, 0.717) is 31.8 Å². The van der Waals surface area contributed by atoms with Gasteiger partial charge in [-0.3, -0.25) is 4.79 Å². The summed E-state index contributed by atoms with van der Waals surface area (Å²) in [6, 6.07) is 7.36. The van der Waals surface area contributed by atoms with Crippen LogP contribution in [-0.2, 0) is 4.74 Å². The van der Waals surface area contributed by atoms with Crippen LogP contribution in [0.3, 0.4) is 0 Å². The maximum atomic E-state index is 12.5. The van der Waals surface area contributed by atoms with Gasteiger partial charge < -0.3 is 15.4 Å². The van der Waals surface area contributed by atoms with Gasteiger partial charge in [-0.1, -0.05) is 17.9 Å². The molecule has 0 spiro atoms. The Morgan fingerprint density at radius 2 is 2.30 bits per heavy atom. The van der Waals surface area contributed by atoms with Crippen molar-refractivity contribution in [1.29, 1.82) is 0 Å². The molecule has 106 valence electrons. The number of carbonyl (C=O) groups is 1. The second-order valence-corrected chi connectivity index (χ2v) is 5.42. The van der Waals surface area contributed by atoms with Crippen LogP contribution < -0.4 is 5.73 Å². The Bertz CT molecular complexity index is 555. The first-order chi connectivity index (χ1) is 9.52. The van der Waals surface area contributed by atoms with Crippen molar-refractivity contribution in [2.45, 2.75) is 19.4 Å². The van der Waals surface area contributed by atoms with Gasteiger partial charge in [0, 0.05) is 24.2 Å². The average Bonchev–Trinajstić information content (AvgIpc) is 2.43. The summed E-state index contributed by atoms with van der Waals surface area (Å²) in [4.78, 5) is 14.3. The van der Waals surface area contributed by atoms with E-state index in [9.17, 15) is 4.79 Å². The van der Waals surface area contributed by atoms with Gasteiger partial charge >= 0.3 is 0 Å². The van der Waals surface area contributed by atoms with E-state index in [1.54, 1.807) is 0 Å². The van der Waals surface area contributed by atoms with E-state index in [0.717, 1.165) is 5.56 Å². The number of carbonyl (C=O) groups excluding carboxylic acids is 1. The van der Waals surface area contributed by atoms with E-state index in [1.165, 1.54) is 0 Å². The second kappa shape index (κ2) is 6.08. The highest BCUT2D eigenvalue weighted by Gasteiger charge is 2.30. The van der Waals surface area contributed by atoms with Crippen LogP contribution >= 0.6 is 0 Å². The van der Waals surface area contributed by atoms with Gasteiger partial charge in [0.05, 0.1) is 18.8 Å². The molecule has 0 aliphatic carbocycles. The van der Waals surface area contributed by atoms with Crippen molar-refractivity contribution in [1.82, 2.24) is 4.90 Å². The number of rotatable bonds is 1. The Morgan fingerprint density at radius 3 is 3.00 bits per heavy atom. The lowest BCUT2D eigenvalue weighted by Gasteiger charge is -2.38. The highest BCUT2D eigenvalue weighted by Crippen LogP contribution is 2.18. The fourth-order valence-electron chi connectivity index (χ4n) is 2.26. The average molecular weight is 272 g/mol. The minimum Gasteiger partial charge on any atom is -0.372 e. The van der Waals surface area contributed by atoms with Crippen LogP contribution in [0.5, 0.6) is 0 Å². The third-order valence-electron chi connectivity index (χ3n) is 3.16. The fraction of sp³-hybridized carbons (Fsp3) is 0.438. The first kappa shape index (κ1) is 14.6. The molecule has 1 aromatic carbocycles. The molecule has 0 radical (unpaired) electrons. The molecule has 1 aromatic rings. The summed E-state index contributed by atoms with van der Waals surface area (Å²) < 4.78 is 5.63. The number of amides is 1. The molecule has 2 rings (SSSR count). The molecule has 4 heteroatoms. The Balaban J connectivity index is 2.16. The van der Waals surface area contributed by atoms with Gasteiger partial charge in [0.2, 0.25) is 0 Å². The lowest BCUT2D eigenvalue weighted by Crippen LogP contribution is -2.50. The van der Waals surface area contributed by atoms with Gasteiger partial charge in [-0.25, -0.2) is 0 Å². The predicted molar refractivity (Wildman–Crippen MR) is 78.3 cm³/mol. The first-order valence-electron chi connectivity index (χ1n) is 6.74. The van der Waals surface area contributed by atoms with Crippen molar-refractivity contribution in [3.8, 4) is 11.8 Å². The summed E-state index contributed by atoms with van der Waals surface area (Å²) in [5, 5.41) is 0. The van der Waals surface area contributed by atoms with E-state index in [4.69, 9.17) is 10.5 Å². The first-order valence-corrected chi connectivity index (χ1v) is 6.74. The van der Waals surface area contributed by atoms with Crippen LogP contribution in [0.15, 0.2) is 24.3 Å². The molecular formula is C16H20N2O2. The SMILES string of the molecule is CC1(C)CN(C(=O)c2cccc(C#CCN)c2)CCO1.